The van der Waals surface area contributed by atoms with Crippen molar-refractivity contribution in [3.63, 3.8) is 0 Å². The van der Waals surface area contributed by atoms with Crippen molar-refractivity contribution in [3.05, 3.63) is 33.5 Å². The first-order valence-electron chi connectivity index (χ1n) is 8.24. The zero-order valence-corrected chi connectivity index (χ0v) is 16.8. The Labute approximate surface area is 156 Å². The molecule has 0 spiro atoms. The van der Waals surface area contributed by atoms with Gasteiger partial charge in [-0.15, -0.1) is 0 Å². The number of halogens is 2. The van der Waals surface area contributed by atoms with E-state index in [-0.39, 0.29) is 18.0 Å². The van der Waals surface area contributed by atoms with Crippen molar-refractivity contribution in [2.24, 2.45) is 0 Å². The molecule has 2 rings (SSSR count). The van der Waals surface area contributed by atoms with E-state index in [9.17, 15) is 14.0 Å². The van der Waals surface area contributed by atoms with Crippen LogP contribution in [0.5, 0.6) is 0 Å². The molecular formula is C18H24BrFN2O3. The first kappa shape index (κ1) is 19.7. The monoisotopic (exact) mass is 414 g/mol. The summed E-state index contributed by atoms with van der Waals surface area (Å²) >= 11 is 3.28. The molecule has 1 heterocycles. The standard InChI is InChI=1S/C18H24BrFN2O3/c1-11-10-21(6-7-22(11)17(24)25-18(3,4)5)16(23)13-8-14(19)12(2)15(20)9-13/h8-9,11H,6-7,10H2,1-5H3. The molecule has 1 unspecified atom stereocenters. The lowest BCUT2D eigenvalue weighted by molar-refractivity contribution is 0.00198. The number of nitrogens with zero attached hydrogens (tertiary/aromatic N) is 2. The third-order valence-electron chi connectivity index (χ3n) is 4.07. The van der Waals surface area contributed by atoms with Gasteiger partial charge in [0.25, 0.3) is 5.91 Å². The minimum atomic E-state index is -0.560. The van der Waals surface area contributed by atoms with Crippen LogP contribution >= 0.6 is 15.9 Å². The summed E-state index contributed by atoms with van der Waals surface area (Å²) in [6.07, 6.45) is -0.378. The predicted molar refractivity (Wildman–Crippen MR) is 97.1 cm³/mol. The Hall–Kier alpha value is -1.63. The molecule has 0 N–H and O–H groups in total. The predicted octanol–water partition coefficient (Wildman–Crippen LogP) is 3.98. The lowest BCUT2D eigenvalue weighted by Gasteiger charge is -2.40. The van der Waals surface area contributed by atoms with Gasteiger partial charge in [0.05, 0.1) is 0 Å². The van der Waals surface area contributed by atoms with Crippen LogP contribution in [0.1, 0.15) is 43.6 Å². The van der Waals surface area contributed by atoms with Gasteiger partial charge in [-0.3, -0.25) is 4.79 Å². The molecular weight excluding hydrogens is 391 g/mol. The number of hydrogen-bond acceptors (Lipinski definition) is 3. The number of carbonyl (C=O) groups excluding carboxylic acids is 2. The quantitative estimate of drug-likeness (QED) is 0.698. The molecule has 1 saturated heterocycles. The van der Waals surface area contributed by atoms with E-state index in [1.54, 1.807) is 22.8 Å². The van der Waals surface area contributed by atoms with Gasteiger partial charge in [-0.1, -0.05) is 15.9 Å². The van der Waals surface area contributed by atoms with Crippen LogP contribution in [0.4, 0.5) is 9.18 Å². The van der Waals surface area contributed by atoms with E-state index in [1.807, 2.05) is 27.7 Å². The Kier molecular flexibility index (Phi) is 5.76. The first-order chi connectivity index (χ1) is 11.5. The van der Waals surface area contributed by atoms with Crippen molar-refractivity contribution >= 4 is 27.9 Å². The molecule has 25 heavy (non-hydrogen) atoms. The molecule has 1 aliphatic rings. The van der Waals surface area contributed by atoms with Gasteiger partial charge in [-0.25, -0.2) is 9.18 Å². The van der Waals surface area contributed by atoms with Crippen molar-refractivity contribution < 1.29 is 18.7 Å². The Morgan fingerprint density at radius 1 is 1.28 bits per heavy atom. The highest BCUT2D eigenvalue weighted by molar-refractivity contribution is 9.10. The lowest BCUT2D eigenvalue weighted by atomic mass is 10.1. The highest BCUT2D eigenvalue weighted by Crippen LogP contribution is 2.23. The second-order valence-electron chi connectivity index (χ2n) is 7.34. The van der Waals surface area contributed by atoms with E-state index in [4.69, 9.17) is 4.74 Å². The largest absolute Gasteiger partial charge is 0.444 e. The maximum Gasteiger partial charge on any atom is 0.410 e. The Morgan fingerprint density at radius 3 is 2.44 bits per heavy atom. The van der Waals surface area contributed by atoms with Crippen LogP contribution in [-0.4, -0.2) is 53.1 Å². The lowest BCUT2D eigenvalue weighted by Crippen LogP contribution is -2.56. The fraction of sp³-hybridized carbons (Fsp3) is 0.556. The Morgan fingerprint density at radius 2 is 1.92 bits per heavy atom. The molecule has 1 atom stereocenters. The molecule has 1 fully saturated rings. The maximum atomic E-state index is 13.9. The highest BCUT2D eigenvalue weighted by atomic mass is 79.9. The van der Waals surface area contributed by atoms with Crippen LogP contribution in [0.25, 0.3) is 0 Å². The fourth-order valence-electron chi connectivity index (χ4n) is 2.69. The number of carbonyl (C=O) groups is 2. The molecule has 0 aromatic heterocycles. The molecule has 0 aliphatic carbocycles. The summed E-state index contributed by atoms with van der Waals surface area (Å²) in [5.74, 6) is -0.659. The van der Waals surface area contributed by atoms with Crippen molar-refractivity contribution in [3.8, 4) is 0 Å². The summed E-state index contributed by atoms with van der Waals surface area (Å²) in [6.45, 7) is 10.1. The molecule has 2 amide bonds. The van der Waals surface area contributed by atoms with Gasteiger partial charge in [0.15, 0.2) is 0 Å². The molecule has 1 aromatic carbocycles. The van der Waals surface area contributed by atoms with Crippen LogP contribution in [0, 0.1) is 12.7 Å². The van der Waals surface area contributed by atoms with E-state index in [1.165, 1.54) is 6.07 Å². The Balaban J connectivity index is 2.07. The topological polar surface area (TPSA) is 49.9 Å². The van der Waals surface area contributed by atoms with Crippen molar-refractivity contribution in [1.29, 1.82) is 0 Å². The van der Waals surface area contributed by atoms with Gasteiger partial charge >= 0.3 is 6.09 Å². The van der Waals surface area contributed by atoms with E-state index < -0.39 is 11.4 Å². The zero-order chi connectivity index (χ0) is 18.9. The zero-order valence-electron chi connectivity index (χ0n) is 15.2. The summed E-state index contributed by atoms with van der Waals surface area (Å²) < 4.78 is 19.9. The third kappa shape index (κ3) is 4.71. The summed E-state index contributed by atoms with van der Waals surface area (Å²) in [5.41, 5.74) is 0.211. The summed E-state index contributed by atoms with van der Waals surface area (Å²) in [6, 6.07) is 2.71. The maximum absolute atomic E-state index is 13.9. The SMILES string of the molecule is Cc1c(F)cc(C(=O)N2CCN(C(=O)OC(C)(C)C)C(C)C2)cc1Br. The minimum absolute atomic E-state index is 0.175. The number of piperazine rings is 1. The second kappa shape index (κ2) is 7.32. The van der Waals surface area contributed by atoms with Gasteiger partial charge < -0.3 is 14.5 Å². The second-order valence-corrected chi connectivity index (χ2v) is 8.19. The van der Waals surface area contributed by atoms with E-state index >= 15 is 0 Å². The van der Waals surface area contributed by atoms with Gasteiger partial charge in [0.1, 0.15) is 11.4 Å². The van der Waals surface area contributed by atoms with Crippen LogP contribution in [0.2, 0.25) is 0 Å². The van der Waals surface area contributed by atoms with E-state index in [0.29, 0.717) is 35.2 Å². The summed E-state index contributed by atoms with van der Waals surface area (Å²) in [4.78, 5) is 28.2. The van der Waals surface area contributed by atoms with Gasteiger partial charge in [-0.05, 0) is 52.3 Å². The summed E-state index contributed by atoms with van der Waals surface area (Å²) in [5, 5.41) is 0. The van der Waals surface area contributed by atoms with Crippen LogP contribution in [-0.2, 0) is 4.74 Å². The minimum Gasteiger partial charge on any atom is -0.444 e. The fourth-order valence-corrected chi connectivity index (χ4v) is 3.12. The Bertz CT molecular complexity index is 664. The number of benzene rings is 1. The third-order valence-corrected chi connectivity index (χ3v) is 4.89. The van der Waals surface area contributed by atoms with Crippen LogP contribution in [0.15, 0.2) is 16.6 Å². The number of ether oxygens (including phenoxy) is 1. The average molecular weight is 415 g/mol. The highest BCUT2D eigenvalue weighted by Gasteiger charge is 2.33. The normalized spacial score (nSPS) is 18.3. The van der Waals surface area contributed by atoms with Gasteiger partial charge in [-0.2, -0.15) is 0 Å². The molecule has 0 radical (unpaired) electrons. The molecule has 0 bridgehead atoms. The first-order valence-corrected chi connectivity index (χ1v) is 9.03. The molecule has 0 saturated carbocycles. The van der Waals surface area contributed by atoms with Crippen molar-refractivity contribution in [1.82, 2.24) is 9.80 Å². The number of hydrogen-bond donors (Lipinski definition) is 0. The molecule has 1 aromatic rings. The van der Waals surface area contributed by atoms with Crippen molar-refractivity contribution in [2.75, 3.05) is 19.6 Å². The van der Waals surface area contributed by atoms with Crippen LogP contribution < -0.4 is 0 Å². The van der Waals surface area contributed by atoms with Gasteiger partial charge in [0.2, 0.25) is 0 Å². The van der Waals surface area contributed by atoms with Crippen molar-refractivity contribution in [2.45, 2.75) is 46.3 Å². The number of amides is 2. The average Bonchev–Trinajstić information content (AvgIpc) is 2.49. The molecule has 5 nitrogen and oxygen atoms in total. The number of rotatable bonds is 1. The summed E-state index contributed by atoms with van der Waals surface area (Å²) in [7, 11) is 0. The molecule has 7 heteroatoms. The van der Waals surface area contributed by atoms with Gasteiger partial charge in [0, 0.05) is 35.7 Å². The van der Waals surface area contributed by atoms with Crippen LogP contribution in [0.3, 0.4) is 0 Å². The van der Waals surface area contributed by atoms with E-state index in [2.05, 4.69) is 15.9 Å². The molecule has 1 aliphatic heterocycles. The molecule has 138 valence electrons. The van der Waals surface area contributed by atoms with E-state index in [0.717, 1.165) is 0 Å². The smallest absolute Gasteiger partial charge is 0.410 e.